The summed E-state index contributed by atoms with van der Waals surface area (Å²) in [6.07, 6.45) is 0. The number of carbonyl (C=O) groups is 2. The molecule has 0 spiro atoms. The van der Waals surface area contributed by atoms with Gasteiger partial charge in [-0.1, -0.05) is 82.3 Å². The third-order valence-electron chi connectivity index (χ3n) is 3.76. The average Bonchev–Trinajstić information content (AvgIpc) is 2.71. The molecule has 0 saturated heterocycles. The molecule has 1 amide bonds. The summed E-state index contributed by atoms with van der Waals surface area (Å²) in [5.74, 6) is -1.51. The lowest BCUT2D eigenvalue weighted by Crippen LogP contribution is -2.34. The normalized spacial score (nSPS) is 11.6. The zero-order valence-corrected chi connectivity index (χ0v) is 15.9. The van der Waals surface area contributed by atoms with Crippen molar-refractivity contribution in [3.63, 3.8) is 0 Å². The third-order valence-corrected chi connectivity index (χ3v) is 6.21. The molecule has 0 saturated carbocycles. The number of benzene rings is 3. The van der Waals surface area contributed by atoms with Gasteiger partial charge in [-0.2, -0.15) is 0 Å². The molecule has 1 unspecified atom stereocenters. The van der Waals surface area contributed by atoms with Crippen molar-refractivity contribution < 1.29 is 14.7 Å². The highest BCUT2D eigenvalue weighted by Gasteiger charge is 2.23. The van der Waals surface area contributed by atoms with Gasteiger partial charge >= 0.3 is 5.97 Å². The Balaban J connectivity index is 1.77. The minimum absolute atomic E-state index is 0.414. The van der Waals surface area contributed by atoms with Gasteiger partial charge in [0.2, 0.25) is 0 Å². The molecule has 3 aromatic rings. The van der Waals surface area contributed by atoms with Crippen molar-refractivity contribution in [2.45, 2.75) is 15.8 Å². The van der Waals surface area contributed by atoms with Crippen LogP contribution in [0.2, 0.25) is 0 Å². The van der Waals surface area contributed by atoms with Crippen LogP contribution in [0.3, 0.4) is 0 Å². The maximum atomic E-state index is 12.8. The lowest BCUT2D eigenvalue weighted by molar-refractivity contribution is -0.139. The summed E-state index contributed by atoms with van der Waals surface area (Å²) < 4.78 is 0. The summed E-state index contributed by atoms with van der Waals surface area (Å²) in [7, 11) is 3.02. The van der Waals surface area contributed by atoms with Crippen LogP contribution in [0.5, 0.6) is 0 Å². The quantitative estimate of drug-likeness (QED) is 0.549. The molecule has 0 aliphatic carbocycles. The van der Waals surface area contributed by atoms with E-state index in [0.717, 1.165) is 9.79 Å². The van der Waals surface area contributed by atoms with E-state index in [-0.39, 0.29) is 0 Å². The Morgan fingerprint density at radius 3 is 2.04 bits per heavy atom. The largest absolute Gasteiger partial charge is 0.479 e. The fourth-order valence-electron chi connectivity index (χ4n) is 2.44. The van der Waals surface area contributed by atoms with E-state index >= 15 is 0 Å². The van der Waals surface area contributed by atoms with E-state index in [0.29, 0.717) is 11.1 Å². The summed E-state index contributed by atoms with van der Waals surface area (Å²) in [5.41, 5.74) is 0.982. The predicted molar refractivity (Wildman–Crippen MR) is 109 cm³/mol. The standard InChI is InChI=1S/C21H17NO3S2/c23-20(22-19(21(24)25)15-9-3-1-4-10-15)17-13-7-8-14-18(17)27-26-16-11-5-2-6-12-16/h1-14,19H,(H,22,23)(H,24,25). The van der Waals surface area contributed by atoms with E-state index in [9.17, 15) is 14.7 Å². The van der Waals surface area contributed by atoms with Gasteiger partial charge in [-0.3, -0.25) is 4.79 Å². The first-order chi connectivity index (χ1) is 13.1. The third kappa shape index (κ3) is 5.15. The molecule has 1 atom stereocenters. The van der Waals surface area contributed by atoms with Crippen LogP contribution in [0.25, 0.3) is 0 Å². The molecule has 0 radical (unpaired) electrons. The molecule has 0 fully saturated rings. The van der Waals surface area contributed by atoms with Gasteiger partial charge in [0, 0.05) is 9.79 Å². The molecule has 6 heteroatoms. The molecule has 2 N–H and O–H groups in total. The Labute approximate surface area is 165 Å². The SMILES string of the molecule is O=C(NC(C(=O)O)c1ccccc1)c1ccccc1SSc1ccccc1. The van der Waals surface area contributed by atoms with Gasteiger partial charge in [0.1, 0.15) is 0 Å². The number of rotatable bonds is 7. The molecular formula is C21H17NO3S2. The Morgan fingerprint density at radius 1 is 0.778 bits per heavy atom. The first-order valence-corrected chi connectivity index (χ1v) is 10.4. The number of carboxylic acids is 1. The van der Waals surface area contributed by atoms with Crippen LogP contribution in [-0.2, 0) is 4.79 Å². The second-order valence-electron chi connectivity index (χ2n) is 5.63. The molecule has 0 aliphatic heterocycles. The maximum Gasteiger partial charge on any atom is 0.330 e. The van der Waals surface area contributed by atoms with Gasteiger partial charge in [-0.05, 0) is 29.8 Å². The second-order valence-corrected chi connectivity index (χ2v) is 7.88. The van der Waals surface area contributed by atoms with Gasteiger partial charge in [0.25, 0.3) is 5.91 Å². The molecule has 3 rings (SSSR count). The Morgan fingerprint density at radius 2 is 1.37 bits per heavy atom. The van der Waals surface area contributed by atoms with E-state index in [2.05, 4.69) is 5.32 Å². The van der Waals surface area contributed by atoms with Crippen molar-refractivity contribution in [3.05, 3.63) is 96.1 Å². The number of hydrogen-bond acceptors (Lipinski definition) is 4. The first-order valence-electron chi connectivity index (χ1n) is 8.22. The lowest BCUT2D eigenvalue weighted by Gasteiger charge is -2.16. The highest BCUT2D eigenvalue weighted by atomic mass is 33.1. The number of hydrogen-bond donors (Lipinski definition) is 2. The van der Waals surface area contributed by atoms with Crippen LogP contribution in [0.1, 0.15) is 22.0 Å². The Kier molecular flexibility index (Phi) is 6.57. The Hall–Kier alpha value is -2.70. The molecule has 3 aromatic carbocycles. The molecule has 4 nitrogen and oxygen atoms in total. The zero-order chi connectivity index (χ0) is 19.1. The summed E-state index contributed by atoms with van der Waals surface area (Å²) in [6, 6.07) is 24.6. The van der Waals surface area contributed by atoms with E-state index in [1.165, 1.54) is 10.8 Å². The summed E-state index contributed by atoms with van der Waals surface area (Å²) >= 11 is 0. The number of carbonyl (C=O) groups excluding carboxylic acids is 1. The van der Waals surface area contributed by atoms with Crippen molar-refractivity contribution >= 4 is 33.5 Å². The van der Waals surface area contributed by atoms with Gasteiger partial charge in [-0.25, -0.2) is 4.79 Å². The number of amides is 1. The van der Waals surface area contributed by atoms with E-state index < -0.39 is 17.9 Å². The monoisotopic (exact) mass is 395 g/mol. The average molecular weight is 396 g/mol. The maximum absolute atomic E-state index is 12.8. The molecular weight excluding hydrogens is 378 g/mol. The van der Waals surface area contributed by atoms with Gasteiger partial charge in [0.05, 0.1) is 5.56 Å². The summed E-state index contributed by atoms with van der Waals surface area (Å²) in [5, 5.41) is 12.1. The van der Waals surface area contributed by atoms with E-state index in [1.807, 2.05) is 42.5 Å². The predicted octanol–water partition coefficient (Wildman–Crippen LogP) is 5.04. The minimum Gasteiger partial charge on any atom is -0.479 e. The number of nitrogens with one attached hydrogen (secondary N) is 1. The minimum atomic E-state index is -1.10. The van der Waals surface area contributed by atoms with Crippen molar-refractivity contribution in [1.82, 2.24) is 5.32 Å². The van der Waals surface area contributed by atoms with E-state index in [1.54, 1.807) is 53.3 Å². The van der Waals surface area contributed by atoms with Crippen LogP contribution < -0.4 is 5.32 Å². The second kappa shape index (κ2) is 9.30. The number of aliphatic carboxylic acids is 1. The van der Waals surface area contributed by atoms with Crippen molar-refractivity contribution in [1.29, 1.82) is 0 Å². The molecule has 0 aromatic heterocycles. The summed E-state index contributed by atoms with van der Waals surface area (Å²) in [6.45, 7) is 0. The van der Waals surface area contributed by atoms with Crippen LogP contribution in [0.15, 0.2) is 94.7 Å². The van der Waals surface area contributed by atoms with Crippen LogP contribution in [0.4, 0.5) is 0 Å². The smallest absolute Gasteiger partial charge is 0.330 e. The highest BCUT2D eigenvalue weighted by Crippen LogP contribution is 2.38. The fourth-order valence-corrected chi connectivity index (χ4v) is 4.60. The van der Waals surface area contributed by atoms with Crippen molar-refractivity contribution in [2.24, 2.45) is 0 Å². The molecule has 0 heterocycles. The zero-order valence-electron chi connectivity index (χ0n) is 14.2. The fraction of sp³-hybridized carbons (Fsp3) is 0.0476. The molecule has 0 aliphatic rings. The highest BCUT2D eigenvalue weighted by molar-refractivity contribution is 8.76. The molecule has 0 bridgehead atoms. The van der Waals surface area contributed by atoms with E-state index in [4.69, 9.17) is 0 Å². The van der Waals surface area contributed by atoms with Crippen LogP contribution >= 0.6 is 21.6 Å². The first kappa shape index (κ1) is 19.1. The lowest BCUT2D eigenvalue weighted by atomic mass is 10.1. The van der Waals surface area contributed by atoms with Crippen molar-refractivity contribution in [2.75, 3.05) is 0 Å². The number of carboxylic acid groups (broad SMARTS) is 1. The topological polar surface area (TPSA) is 66.4 Å². The van der Waals surface area contributed by atoms with Gasteiger partial charge in [-0.15, -0.1) is 0 Å². The summed E-state index contributed by atoms with van der Waals surface area (Å²) in [4.78, 5) is 26.3. The van der Waals surface area contributed by atoms with Crippen LogP contribution in [0, 0.1) is 0 Å². The van der Waals surface area contributed by atoms with Gasteiger partial charge < -0.3 is 10.4 Å². The van der Waals surface area contributed by atoms with Gasteiger partial charge in [0.15, 0.2) is 6.04 Å². The molecule has 27 heavy (non-hydrogen) atoms. The molecule has 136 valence electrons. The Bertz CT molecular complexity index is 917. The van der Waals surface area contributed by atoms with Crippen molar-refractivity contribution in [3.8, 4) is 0 Å². The van der Waals surface area contributed by atoms with Crippen LogP contribution in [-0.4, -0.2) is 17.0 Å².